The van der Waals surface area contributed by atoms with Gasteiger partial charge in [-0.25, -0.2) is 4.98 Å². The average molecular weight is 445 g/mol. The molecule has 3 aliphatic rings. The van der Waals surface area contributed by atoms with Gasteiger partial charge in [0.25, 0.3) is 0 Å². The standard InChI is InChI=1S/C29H36N2O2/c1-7-8-9-22(18(2)3)14-19(4)29-30-25-16-23(17-26(33-6)27(25)31(29)5)28(32)24-15-20-10-12-21(24)13-11-20/h7-9,14,16-17,20-21,24H,2,10-13,15H2,1,3-6H3/b8-7-,19-14+,22-9-/t20?,21?,24-/m1/s1. The topological polar surface area (TPSA) is 44.1 Å². The SMILES string of the molecule is C=C(C)C(=C\C=C/C)/C=C(\C)c1nc2cc(C(=O)[C@@H]3CC4CCC3CC4)cc(OC)c2n1C. The predicted molar refractivity (Wildman–Crippen MR) is 137 cm³/mol. The minimum Gasteiger partial charge on any atom is -0.494 e. The first-order valence-electron chi connectivity index (χ1n) is 12.1. The highest BCUT2D eigenvalue weighted by atomic mass is 16.5. The quantitative estimate of drug-likeness (QED) is 0.339. The van der Waals surface area contributed by atoms with Crippen LogP contribution in [0.3, 0.4) is 0 Å². The smallest absolute Gasteiger partial charge is 0.166 e. The number of aromatic nitrogens is 2. The van der Waals surface area contributed by atoms with E-state index >= 15 is 0 Å². The van der Waals surface area contributed by atoms with Crippen molar-refractivity contribution in [1.82, 2.24) is 9.55 Å². The molecule has 1 aromatic heterocycles. The van der Waals surface area contributed by atoms with Gasteiger partial charge >= 0.3 is 0 Å². The number of aryl methyl sites for hydroxylation is 1. The first-order chi connectivity index (χ1) is 15.8. The van der Waals surface area contributed by atoms with E-state index in [1.54, 1.807) is 7.11 Å². The van der Waals surface area contributed by atoms with Crippen LogP contribution in [0, 0.1) is 17.8 Å². The molecule has 3 fully saturated rings. The Hall–Kier alpha value is -2.88. The van der Waals surface area contributed by atoms with Crippen LogP contribution in [0.5, 0.6) is 5.75 Å². The number of benzene rings is 1. The number of Topliss-reactive ketones (excluding diaryl/α,β-unsaturated/α-hetero) is 1. The molecule has 1 atom stereocenters. The van der Waals surface area contributed by atoms with Gasteiger partial charge in [-0.05, 0) is 81.2 Å². The number of ketones is 1. The lowest BCUT2D eigenvalue weighted by Gasteiger charge is -2.41. The molecule has 0 unspecified atom stereocenters. The molecule has 2 aromatic rings. The highest BCUT2D eigenvalue weighted by molar-refractivity contribution is 6.02. The number of carbonyl (C=O) groups excluding carboxylic acids is 1. The lowest BCUT2D eigenvalue weighted by Crippen LogP contribution is -2.36. The van der Waals surface area contributed by atoms with Gasteiger partial charge in [0.15, 0.2) is 5.78 Å². The van der Waals surface area contributed by atoms with Crippen molar-refractivity contribution in [3.63, 3.8) is 0 Å². The zero-order valence-corrected chi connectivity index (χ0v) is 20.6. The first-order valence-corrected chi connectivity index (χ1v) is 12.1. The van der Waals surface area contributed by atoms with E-state index in [9.17, 15) is 4.79 Å². The number of imidazole rings is 1. The zero-order chi connectivity index (χ0) is 23.7. The van der Waals surface area contributed by atoms with Gasteiger partial charge in [0.1, 0.15) is 17.1 Å². The van der Waals surface area contributed by atoms with Crippen LogP contribution in [0.1, 0.15) is 69.1 Å². The van der Waals surface area contributed by atoms with Gasteiger partial charge in [0, 0.05) is 18.5 Å². The summed E-state index contributed by atoms with van der Waals surface area (Å²) in [6, 6.07) is 3.89. The van der Waals surface area contributed by atoms with Crippen molar-refractivity contribution in [2.75, 3.05) is 7.11 Å². The van der Waals surface area contributed by atoms with E-state index in [2.05, 4.69) is 30.2 Å². The van der Waals surface area contributed by atoms with Crippen molar-refractivity contribution in [3.8, 4) is 5.75 Å². The summed E-state index contributed by atoms with van der Waals surface area (Å²) in [4.78, 5) is 18.5. The molecular formula is C29H36N2O2. The summed E-state index contributed by atoms with van der Waals surface area (Å²) in [5, 5.41) is 0. The summed E-state index contributed by atoms with van der Waals surface area (Å²) < 4.78 is 7.80. The molecule has 4 nitrogen and oxygen atoms in total. The Bertz CT molecular complexity index is 1170. The fraction of sp³-hybridized carbons (Fsp3) is 0.448. The molecule has 0 amide bonds. The van der Waals surface area contributed by atoms with Crippen LogP contribution in [0.2, 0.25) is 0 Å². The average Bonchev–Trinajstić information content (AvgIpc) is 3.17. The molecule has 1 heterocycles. The predicted octanol–water partition coefficient (Wildman–Crippen LogP) is 7.07. The van der Waals surface area contributed by atoms with E-state index in [1.165, 1.54) is 25.7 Å². The zero-order valence-electron chi connectivity index (χ0n) is 20.6. The third-order valence-electron chi connectivity index (χ3n) is 7.51. The second-order valence-corrected chi connectivity index (χ2v) is 9.78. The second kappa shape index (κ2) is 9.54. The van der Waals surface area contributed by atoms with Crippen molar-refractivity contribution in [1.29, 1.82) is 0 Å². The van der Waals surface area contributed by atoms with Crippen molar-refractivity contribution >= 4 is 22.4 Å². The molecule has 4 heteroatoms. The van der Waals surface area contributed by atoms with Gasteiger partial charge in [-0.15, -0.1) is 0 Å². The summed E-state index contributed by atoms with van der Waals surface area (Å²) in [5.74, 6) is 3.25. The summed E-state index contributed by atoms with van der Waals surface area (Å²) in [6.45, 7) is 10.2. The van der Waals surface area contributed by atoms with E-state index < -0.39 is 0 Å². The summed E-state index contributed by atoms with van der Waals surface area (Å²) in [6.07, 6.45) is 14.2. The molecule has 5 rings (SSSR count). The molecule has 2 bridgehead atoms. The van der Waals surface area contributed by atoms with Crippen molar-refractivity contribution < 1.29 is 9.53 Å². The Morgan fingerprint density at radius 3 is 2.52 bits per heavy atom. The Balaban J connectivity index is 1.74. The number of carbonyl (C=O) groups is 1. The number of hydrogen-bond acceptors (Lipinski definition) is 3. The summed E-state index contributed by atoms with van der Waals surface area (Å²) >= 11 is 0. The van der Waals surface area contributed by atoms with Gasteiger partial charge < -0.3 is 9.30 Å². The molecule has 0 N–H and O–H groups in total. The Labute approximate surface area is 197 Å². The van der Waals surface area contributed by atoms with Crippen LogP contribution in [-0.4, -0.2) is 22.4 Å². The monoisotopic (exact) mass is 444 g/mol. The minimum absolute atomic E-state index is 0.152. The van der Waals surface area contributed by atoms with E-state index in [1.807, 2.05) is 45.2 Å². The lowest BCUT2D eigenvalue weighted by atomic mass is 9.63. The van der Waals surface area contributed by atoms with Crippen LogP contribution in [0.4, 0.5) is 0 Å². The maximum atomic E-state index is 13.5. The van der Waals surface area contributed by atoms with E-state index in [0.717, 1.165) is 51.5 Å². The summed E-state index contributed by atoms with van der Waals surface area (Å²) in [7, 11) is 3.67. The normalized spacial score (nSPS) is 23.5. The summed E-state index contributed by atoms with van der Waals surface area (Å²) in [5.41, 5.74) is 5.55. The number of ether oxygens (including phenoxy) is 1. The maximum Gasteiger partial charge on any atom is 0.166 e. The number of hydrogen-bond donors (Lipinski definition) is 0. The van der Waals surface area contributed by atoms with Gasteiger partial charge in [-0.2, -0.15) is 0 Å². The maximum absolute atomic E-state index is 13.5. The van der Waals surface area contributed by atoms with Crippen LogP contribution in [0.25, 0.3) is 16.6 Å². The van der Waals surface area contributed by atoms with Gasteiger partial charge in [-0.3, -0.25) is 4.79 Å². The van der Waals surface area contributed by atoms with Crippen LogP contribution < -0.4 is 4.74 Å². The molecule has 3 aliphatic carbocycles. The number of nitrogens with zero attached hydrogens (tertiary/aromatic N) is 2. The fourth-order valence-electron chi connectivity index (χ4n) is 5.69. The van der Waals surface area contributed by atoms with E-state index in [4.69, 9.17) is 9.72 Å². The van der Waals surface area contributed by atoms with E-state index in [-0.39, 0.29) is 11.7 Å². The number of allylic oxidation sites excluding steroid dienone is 7. The number of rotatable bonds is 7. The largest absolute Gasteiger partial charge is 0.494 e. The number of fused-ring (bicyclic) bond motifs is 4. The van der Waals surface area contributed by atoms with E-state index in [0.29, 0.717) is 11.7 Å². The van der Waals surface area contributed by atoms with Crippen LogP contribution >= 0.6 is 0 Å². The van der Waals surface area contributed by atoms with Gasteiger partial charge in [0.05, 0.1) is 12.6 Å². The van der Waals surface area contributed by atoms with Crippen molar-refractivity contribution in [3.05, 3.63) is 65.5 Å². The van der Waals surface area contributed by atoms with Gasteiger partial charge in [-0.1, -0.05) is 43.2 Å². The third kappa shape index (κ3) is 4.48. The van der Waals surface area contributed by atoms with Crippen molar-refractivity contribution in [2.24, 2.45) is 24.8 Å². The van der Waals surface area contributed by atoms with Crippen LogP contribution in [0.15, 0.2) is 54.2 Å². The molecule has 0 aliphatic heterocycles. The molecular weight excluding hydrogens is 408 g/mol. The molecule has 1 aromatic carbocycles. The first kappa shape index (κ1) is 23.3. The van der Waals surface area contributed by atoms with Gasteiger partial charge in [0.2, 0.25) is 0 Å². The number of methoxy groups -OCH3 is 1. The molecule has 0 radical (unpaired) electrons. The second-order valence-electron chi connectivity index (χ2n) is 9.78. The minimum atomic E-state index is 0.152. The van der Waals surface area contributed by atoms with Crippen molar-refractivity contribution in [2.45, 2.75) is 52.9 Å². The Morgan fingerprint density at radius 2 is 1.94 bits per heavy atom. The highest BCUT2D eigenvalue weighted by Gasteiger charge is 2.39. The molecule has 0 saturated heterocycles. The highest BCUT2D eigenvalue weighted by Crippen LogP contribution is 2.46. The molecule has 33 heavy (non-hydrogen) atoms. The lowest BCUT2D eigenvalue weighted by molar-refractivity contribution is 0.0621. The fourth-order valence-corrected chi connectivity index (χ4v) is 5.69. The molecule has 3 saturated carbocycles. The molecule has 174 valence electrons. The van der Waals surface area contributed by atoms with Crippen LogP contribution in [-0.2, 0) is 7.05 Å². The Morgan fingerprint density at radius 1 is 1.21 bits per heavy atom. The molecule has 0 spiro atoms. The third-order valence-corrected chi connectivity index (χ3v) is 7.51. The Kier molecular flexibility index (Phi) is 6.73.